The highest BCUT2D eigenvalue weighted by molar-refractivity contribution is 8.14. The Morgan fingerprint density at radius 3 is 2.70 bits per heavy atom. The third kappa shape index (κ3) is 4.44. The molecule has 3 aromatic rings. The molecule has 172 valence electrons. The van der Waals surface area contributed by atoms with E-state index in [9.17, 15) is 18.4 Å². The van der Waals surface area contributed by atoms with Crippen molar-refractivity contribution < 1.29 is 13.2 Å². The summed E-state index contributed by atoms with van der Waals surface area (Å²) in [5, 5.41) is 13.8. The van der Waals surface area contributed by atoms with E-state index < -0.39 is 23.2 Å². The van der Waals surface area contributed by atoms with Crippen LogP contribution in [0.1, 0.15) is 48.6 Å². The maximum atomic E-state index is 14.5. The normalized spacial score (nSPS) is 20.7. The lowest BCUT2D eigenvalue weighted by Crippen LogP contribution is -2.31. The zero-order chi connectivity index (χ0) is 23.6. The number of aromatic nitrogens is 3. The van der Waals surface area contributed by atoms with Crippen molar-refractivity contribution in [2.24, 2.45) is 0 Å². The highest BCUT2D eigenvalue weighted by atomic mass is 32.2. The van der Waals surface area contributed by atoms with E-state index in [1.807, 2.05) is 13.0 Å². The van der Waals surface area contributed by atoms with Crippen LogP contribution in [0.3, 0.4) is 0 Å². The maximum absolute atomic E-state index is 14.5. The van der Waals surface area contributed by atoms with Gasteiger partial charge in [-0.2, -0.15) is 15.7 Å². The lowest BCUT2D eigenvalue weighted by Gasteiger charge is -2.33. The Kier molecular flexibility index (Phi) is 6.66. The second kappa shape index (κ2) is 9.48. The van der Waals surface area contributed by atoms with Gasteiger partial charge in [-0.05, 0) is 42.4 Å². The van der Waals surface area contributed by atoms with Crippen LogP contribution in [-0.4, -0.2) is 32.3 Å². The average Bonchev–Trinajstić information content (AvgIpc) is 2.83. The van der Waals surface area contributed by atoms with Crippen molar-refractivity contribution in [2.75, 3.05) is 16.8 Å². The van der Waals surface area contributed by atoms with E-state index in [-0.39, 0.29) is 22.6 Å². The Morgan fingerprint density at radius 1 is 1.27 bits per heavy atom. The summed E-state index contributed by atoms with van der Waals surface area (Å²) in [7, 11) is 0.0683. The van der Waals surface area contributed by atoms with Crippen LogP contribution in [0.4, 0.5) is 19.0 Å². The minimum absolute atomic E-state index is 0.0307. The van der Waals surface area contributed by atoms with Crippen LogP contribution in [0.25, 0.3) is 11.0 Å². The third-order valence-corrected chi connectivity index (χ3v) is 7.76. The largest absolute Gasteiger partial charge is 0.365 e. The lowest BCUT2D eigenvalue weighted by atomic mass is 9.75. The highest BCUT2D eigenvalue weighted by Gasteiger charge is 2.37. The number of halogens is 3. The first-order valence-corrected chi connectivity index (χ1v) is 12.4. The standard InChI is InChI=1S/C24H24F3N5S/c1-3-19-18(24(13-28)7-9-33(2)10-8-24)11-17-22(30-14-31-23(17)32-19)29-12-15-5-4-6-16(20(15)25)21(26)27/h4-6,11,14,21H,2-3,7-10,12H2,1H3,(H,29,30,31,32). The van der Waals surface area contributed by atoms with Gasteiger partial charge >= 0.3 is 0 Å². The zero-order valence-corrected chi connectivity index (χ0v) is 19.1. The van der Waals surface area contributed by atoms with Crippen LogP contribution in [0.2, 0.25) is 0 Å². The van der Waals surface area contributed by atoms with Crippen molar-refractivity contribution >= 4 is 33.2 Å². The molecular formula is C24H24F3N5S. The van der Waals surface area contributed by atoms with Crippen LogP contribution in [0.5, 0.6) is 0 Å². The molecule has 0 aliphatic carbocycles. The van der Waals surface area contributed by atoms with Crippen LogP contribution in [-0.2, 0) is 18.4 Å². The average molecular weight is 472 g/mol. The number of pyridine rings is 1. The van der Waals surface area contributed by atoms with E-state index in [1.165, 1.54) is 18.5 Å². The first kappa shape index (κ1) is 23.2. The zero-order valence-electron chi connectivity index (χ0n) is 18.2. The maximum Gasteiger partial charge on any atom is 0.266 e. The number of hydrogen-bond donors (Lipinski definition) is 1. The monoisotopic (exact) mass is 471 g/mol. The molecule has 1 fully saturated rings. The van der Waals surface area contributed by atoms with Gasteiger partial charge in [-0.1, -0.05) is 31.0 Å². The molecule has 4 rings (SSSR count). The summed E-state index contributed by atoms with van der Waals surface area (Å²) in [6.07, 6.45) is 0.568. The van der Waals surface area contributed by atoms with Crippen molar-refractivity contribution in [1.82, 2.24) is 15.0 Å². The number of fused-ring (bicyclic) bond motifs is 1. The van der Waals surface area contributed by atoms with Gasteiger partial charge in [-0.15, -0.1) is 0 Å². The Balaban J connectivity index is 1.74. The van der Waals surface area contributed by atoms with Gasteiger partial charge in [0.25, 0.3) is 6.43 Å². The number of anilines is 1. The summed E-state index contributed by atoms with van der Waals surface area (Å²) in [6.45, 7) is 1.97. The first-order chi connectivity index (χ1) is 15.9. The quantitative estimate of drug-likeness (QED) is 0.479. The molecule has 9 heteroatoms. The molecule has 1 saturated heterocycles. The number of rotatable bonds is 6. The van der Waals surface area contributed by atoms with Crippen molar-refractivity contribution in [2.45, 2.75) is 44.6 Å². The van der Waals surface area contributed by atoms with Gasteiger partial charge in [-0.25, -0.2) is 28.1 Å². The molecule has 0 amide bonds. The summed E-state index contributed by atoms with van der Waals surface area (Å²) in [4.78, 5) is 13.3. The first-order valence-electron chi connectivity index (χ1n) is 10.7. The van der Waals surface area contributed by atoms with E-state index >= 15 is 0 Å². The topological polar surface area (TPSA) is 74.5 Å². The molecule has 1 N–H and O–H groups in total. The summed E-state index contributed by atoms with van der Waals surface area (Å²) in [5.41, 5.74) is 1.02. The summed E-state index contributed by atoms with van der Waals surface area (Å²) >= 11 is 0. The van der Waals surface area contributed by atoms with E-state index in [0.717, 1.165) is 41.7 Å². The van der Waals surface area contributed by atoms with E-state index in [1.54, 1.807) is 0 Å². The van der Waals surface area contributed by atoms with Crippen molar-refractivity contribution in [1.29, 1.82) is 5.26 Å². The van der Waals surface area contributed by atoms with Crippen LogP contribution < -0.4 is 5.32 Å². The number of nitrogens with one attached hydrogen (secondary N) is 1. The molecule has 0 bridgehead atoms. The molecule has 0 atom stereocenters. The van der Waals surface area contributed by atoms with Gasteiger partial charge in [-0.3, -0.25) is 0 Å². The third-order valence-electron chi connectivity index (χ3n) is 6.19. The van der Waals surface area contributed by atoms with Crippen LogP contribution in [0.15, 0.2) is 30.6 Å². The number of hydrogen-bond acceptors (Lipinski definition) is 5. The fourth-order valence-electron chi connectivity index (χ4n) is 4.24. The molecule has 0 unspecified atom stereocenters. The minimum atomic E-state index is -2.89. The molecule has 0 saturated carbocycles. The second-order valence-corrected chi connectivity index (χ2v) is 10.2. The van der Waals surface area contributed by atoms with Gasteiger partial charge in [0.05, 0.1) is 22.4 Å². The van der Waals surface area contributed by atoms with Crippen molar-refractivity contribution in [3.05, 3.63) is 58.8 Å². The summed E-state index contributed by atoms with van der Waals surface area (Å²) in [5.74, 6) is 5.44. The number of aryl methyl sites for hydroxylation is 1. The molecule has 1 aliphatic heterocycles. The fraction of sp³-hybridized carbons (Fsp3) is 0.375. The van der Waals surface area contributed by atoms with Gasteiger partial charge < -0.3 is 5.32 Å². The molecular weight excluding hydrogens is 447 g/mol. The molecule has 0 radical (unpaired) electrons. The Morgan fingerprint density at radius 2 is 2.03 bits per heavy atom. The molecule has 0 spiro atoms. The van der Waals surface area contributed by atoms with E-state index in [2.05, 4.69) is 27.2 Å². The van der Waals surface area contributed by atoms with Gasteiger partial charge in [0, 0.05) is 17.8 Å². The van der Waals surface area contributed by atoms with E-state index in [0.29, 0.717) is 23.3 Å². The molecule has 2 aromatic heterocycles. The van der Waals surface area contributed by atoms with Crippen molar-refractivity contribution in [3.8, 4) is 6.07 Å². The lowest BCUT2D eigenvalue weighted by molar-refractivity contribution is 0.146. The van der Waals surface area contributed by atoms with Gasteiger partial charge in [0.2, 0.25) is 0 Å². The van der Waals surface area contributed by atoms with Crippen LogP contribution >= 0.6 is 10.5 Å². The highest BCUT2D eigenvalue weighted by Crippen LogP contribution is 2.42. The summed E-state index contributed by atoms with van der Waals surface area (Å²) < 4.78 is 40.6. The summed E-state index contributed by atoms with van der Waals surface area (Å²) in [6, 6.07) is 8.41. The predicted octanol–water partition coefficient (Wildman–Crippen LogP) is 5.53. The van der Waals surface area contributed by atoms with Gasteiger partial charge in [0.1, 0.15) is 18.0 Å². The number of nitriles is 1. The second-order valence-electron chi connectivity index (χ2n) is 8.12. The number of benzene rings is 1. The molecule has 1 aromatic carbocycles. The SMILES string of the molecule is C=S1CCC(C#N)(c2cc3c(NCc4cccc(C(F)F)c4F)ncnc3nc2CC)CC1. The van der Waals surface area contributed by atoms with Crippen molar-refractivity contribution in [3.63, 3.8) is 0 Å². The molecule has 33 heavy (non-hydrogen) atoms. The minimum Gasteiger partial charge on any atom is -0.365 e. The predicted molar refractivity (Wildman–Crippen MR) is 126 cm³/mol. The van der Waals surface area contributed by atoms with Crippen LogP contribution in [0, 0.1) is 17.1 Å². The molecule has 5 nitrogen and oxygen atoms in total. The molecule has 1 aliphatic rings. The smallest absolute Gasteiger partial charge is 0.266 e. The molecule has 3 heterocycles. The number of nitrogens with zero attached hydrogens (tertiary/aromatic N) is 4. The Labute approximate surface area is 193 Å². The van der Waals surface area contributed by atoms with Gasteiger partial charge in [0.15, 0.2) is 5.65 Å². The van der Waals surface area contributed by atoms with E-state index in [4.69, 9.17) is 4.98 Å². The fourth-order valence-corrected chi connectivity index (χ4v) is 5.72. The Bertz CT molecular complexity index is 1240. The number of alkyl halides is 2. The Hall–Kier alpha value is -2.99.